The molecular formula is C25H32Cl2N2O3. The van der Waals surface area contributed by atoms with E-state index in [4.69, 9.17) is 27.9 Å². The van der Waals surface area contributed by atoms with Crippen molar-refractivity contribution in [2.75, 3.05) is 6.61 Å². The van der Waals surface area contributed by atoms with Gasteiger partial charge in [0.1, 0.15) is 11.8 Å². The summed E-state index contributed by atoms with van der Waals surface area (Å²) in [6.45, 7) is 6.43. The van der Waals surface area contributed by atoms with Crippen molar-refractivity contribution < 1.29 is 14.3 Å². The average Bonchev–Trinajstić information content (AvgIpc) is 2.78. The van der Waals surface area contributed by atoms with Crippen LogP contribution in [-0.2, 0) is 16.1 Å². The van der Waals surface area contributed by atoms with Crippen molar-refractivity contribution in [3.63, 3.8) is 0 Å². The Balaban J connectivity index is 2.14. The summed E-state index contributed by atoms with van der Waals surface area (Å²) >= 11 is 12.7. The molecule has 0 aliphatic heterocycles. The Morgan fingerprint density at radius 3 is 2.25 bits per heavy atom. The lowest BCUT2D eigenvalue weighted by Gasteiger charge is -2.32. The molecule has 174 valence electrons. The van der Waals surface area contributed by atoms with Crippen molar-refractivity contribution in [1.82, 2.24) is 10.2 Å². The van der Waals surface area contributed by atoms with E-state index in [9.17, 15) is 9.59 Å². The van der Waals surface area contributed by atoms with E-state index >= 15 is 0 Å². The lowest BCUT2D eigenvalue weighted by molar-refractivity contribution is -0.141. The van der Waals surface area contributed by atoms with Gasteiger partial charge < -0.3 is 15.0 Å². The molecule has 2 amide bonds. The van der Waals surface area contributed by atoms with Gasteiger partial charge in [-0.1, -0.05) is 61.3 Å². The molecule has 0 fully saturated rings. The van der Waals surface area contributed by atoms with E-state index < -0.39 is 6.04 Å². The molecule has 0 spiro atoms. The first kappa shape index (κ1) is 26.0. The lowest BCUT2D eigenvalue weighted by Crippen LogP contribution is -2.50. The molecule has 5 nitrogen and oxygen atoms in total. The van der Waals surface area contributed by atoms with E-state index in [2.05, 4.69) is 5.32 Å². The highest BCUT2D eigenvalue weighted by atomic mass is 35.5. The Labute approximate surface area is 201 Å². The summed E-state index contributed by atoms with van der Waals surface area (Å²) in [5.41, 5.74) is 0.638. The van der Waals surface area contributed by atoms with E-state index in [-0.39, 0.29) is 30.8 Å². The number of benzene rings is 2. The normalized spacial score (nSPS) is 12.7. The molecule has 0 aliphatic rings. The molecule has 7 heteroatoms. The van der Waals surface area contributed by atoms with Crippen LogP contribution in [0.1, 0.15) is 52.0 Å². The highest BCUT2D eigenvalue weighted by Gasteiger charge is 2.30. The molecule has 0 saturated carbocycles. The van der Waals surface area contributed by atoms with E-state index in [1.165, 1.54) is 0 Å². The maximum absolute atomic E-state index is 13.2. The van der Waals surface area contributed by atoms with Crippen molar-refractivity contribution in [1.29, 1.82) is 0 Å². The maximum Gasteiger partial charge on any atom is 0.243 e. The predicted octanol–water partition coefficient (Wildman–Crippen LogP) is 5.87. The number of para-hydroxylation sites is 1. The second-order valence-electron chi connectivity index (χ2n) is 7.73. The number of nitrogens with zero attached hydrogens (tertiary/aromatic N) is 1. The Morgan fingerprint density at radius 2 is 1.66 bits per heavy atom. The molecule has 2 atom stereocenters. The van der Waals surface area contributed by atoms with Crippen molar-refractivity contribution in [3.05, 3.63) is 64.1 Å². The number of ether oxygens (including phenoxy) is 1. The molecule has 0 bridgehead atoms. The van der Waals surface area contributed by atoms with Crippen molar-refractivity contribution in [2.24, 2.45) is 0 Å². The first-order chi connectivity index (χ1) is 15.4. The third kappa shape index (κ3) is 7.72. The molecule has 0 aromatic heterocycles. The molecule has 2 rings (SSSR count). The van der Waals surface area contributed by atoms with Gasteiger partial charge >= 0.3 is 0 Å². The monoisotopic (exact) mass is 478 g/mol. The summed E-state index contributed by atoms with van der Waals surface area (Å²) in [6, 6.07) is 14.1. The summed E-state index contributed by atoms with van der Waals surface area (Å²) in [7, 11) is 0. The Morgan fingerprint density at radius 1 is 1.00 bits per heavy atom. The van der Waals surface area contributed by atoms with Crippen molar-refractivity contribution in [3.8, 4) is 5.75 Å². The lowest BCUT2D eigenvalue weighted by atomic mass is 10.1. The van der Waals surface area contributed by atoms with Crippen LogP contribution in [0.3, 0.4) is 0 Å². The van der Waals surface area contributed by atoms with E-state index in [0.29, 0.717) is 35.1 Å². The minimum Gasteiger partial charge on any atom is -0.494 e. The van der Waals surface area contributed by atoms with Gasteiger partial charge in [-0.2, -0.15) is 0 Å². The van der Waals surface area contributed by atoms with Gasteiger partial charge in [0.05, 0.1) is 6.61 Å². The summed E-state index contributed by atoms with van der Waals surface area (Å²) in [4.78, 5) is 27.8. The quantitative estimate of drug-likeness (QED) is 0.387. The second-order valence-corrected chi connectivity index (χ2v) is 8.54. The van der Waals surface area contributed by atoms with Gasteiger partial charge in [0.25, 0.3) is 0 Å². The van der Waals surface area contributed by atoms with Gasteiger partial charge in [-0.3, -0.25) is 9.59 Å². The number of rotatable bonds is 12. The van der Waals surface area contributed by atoms with Crippen LogP contribution < -0.4 is 10.1 Å². The van der Waals surface area contributed by atoms with Crippen LogP contribution in [0.5, 0.6) is 5.75 Å². The van der Waals surface area contributed by atoms with E-state index in [1.54, 1.807) is 23.1 Å². The minimum absolute atomic E-state index is 0.0247. The van der Waals surface area contributed by atoms with E-state index in [0.717, 1.165) is 12.2 Å². The van der Waals surface area contributed by atoms with Gasteiger partial charge in [-0.15, -0.1) is 0 Å². The van der Waals surface area contributed by atoms with E-state index in [1.807, 2.05) is 51.1 Å². The van der Waals surface area contributed by atoms with Crippen LogP contribution in [0, 0.1) is 0 Å². The summed E-state index contributed by atoms with van der Waals surface area (Å²) in [6.07, 6.45) is 2.08. The Hall–Kier alpha value is -2.24. The van der Waals surface area contributed by atoms with Crippen LogP contribution in [-0.4, -0.2) is 35.4 Å². The van der Waals surface area contributed by atoms with Gasteiger partial charge in [-0.25, -0.2) is 0 Å². The van der Waals surface area contributed by atoms with Gasteiger partial charge in [0.15, 0.2) is 0 Å². The zero-order valence-electron chi connectivity index (χ0n) is 18.9. The number of halogens is 2. The highest BCUT2D eigenvalue weighted by Crippen LogP contribution is 2.27. The zero-order chi connectivity index (χ0) is 23.5. The van der Waals surface area contributed by atoms with Gasteiger partial charge in [0, 0.05) is 34.6 Å². The maximum atomic E-state index is 13.2. The number of hydrogen-bond donors (Lipinski definition) is 1. The van der Waals surface area contributed by atoms with Crippen LogP contribution in [0.15, 0.2) is 48.5 Å². The fraction of sp³-hybridized carbons (Fsp3) is 0.440. The standard InChI is InChI=1S/C25H32Cl2N2O3/c1-4-18(3)28-25(31)23(5-2)29(17-20-21(26)13-9-14-22(20)27)24(30)15-10-16-32-19-11-7-6-8-12-19/h6-9,11-14,18,23H,4-5,10,15-17H2,1-3H3,(H,28,31). The molecular weight excluding hydrogens is 447 g/mol. The summed E-state index contributed by atoms with van der Waals surface area (Å²) < 4.78 is 5.70. The average molecular weight is 479 g/mol. The first-order valence-corrected chi connectivity index (χ1v) is 11.8. The fourth-order valence-corrected chi connectivity index (χ4v) is 3.81. The zero-order valence-corrected chi connectivity index (χ0v) is 20.5. The van der Waals surface area contributed by atoms with Crippen LogP contribution in [0.25, 0.3) is 0 Å². The molecule has 0 heterocycles. The van der Waals surface area contributed by atoms with Crippen LogP contribution >= 0.6 is 23.2 Å². The highest BCUT2D eigenvalue weighted by molar-refractivity contribution is 6.36. The summed E-state index contributed by atoms with van der Waals surface area (Å²) in [5.74, 6) is 0.460. The third-order valence-electron chi connectivity index (χ3n) is 5.32. The smallest absolute Gasteiger partial charge is 0.243 e. The number of hydrogen-bond acceptors (Lipinski definition) is 3. The molecule has 32 heavy (non-hydrogen) atoms. The number of amides is 2. The SMILES string of the molecule is CCC(C)NC(=O)C(CC)N(Cc1c(Cl)cccc1Cl)C(=O)CCCOc1ccccc1. The minimum atomic E-state index is -0.612. The molecule has 1 N–H and O–H groups in total. The largest absolute Gasteiger partial charge is 0.494 e. The first-order valence-electron chi connectivity index (χ1n) is 11.1. The van der Waals surface area contributed by atoms with Crippen molar-refractivity contribution >= 4 is 35.0 Å². The molecule has 0 aliphatic carbocycles. The summed E-state index contributed by atoms with van der Waals surface area (Å²) in [5, 5.41) is 3.94. The van der Waals surface area contributed by atoms with Crippen LogP contribution in [0.4, 0.5) is 0 Å². The van der Waals surface area contributed by atoms with Crippen molar-refractivity contribution in [2.45, 2.75) is 65.1 Å². The van der Waals surface area contributed by atoms with Gasteiger partial charge in [-0.05, 0) is 50.5 Å². The third-order valence-corrected chi connectivity index (χ3v) is 6.03. The predicted molar refractivity (Wildman–Crippen MR) is 130 cm³/mol. The molecule has 0 saturated heterocycles. The Kier molecular flexibility index (Phi) is 10.8. The van der Waals surface area contributed by atoms with Gasteiger partial charge in [0.2, 0.25) is 11.8 Å². The molecule has 2 aromatic rings. The second kappa shape index (κ2) is 13.3. The topological polar surface area (TPSA) is 58.6 Å². The number of carbonyl (C=O) groups excluding carboxylic acids is 2. The Bertz CT molecular complexity index is 856. The number of nitrogens with one attached hydrogen (secondary N) is 1. The fourth-order valence-electron chi connectivity index (χ4n) is 3.29. The molecule has 2 unspecified atom stereocenters. The van der Waals surface area contributed by atoms with Crippen LogP contribution in [0.2, 0.25) is 10.0 Å². The molecule has 0 radical (unpaired) electrons. The molecule has 2 aromatic carbocycles. The number of carbonyl (C=O) groups is 2.